The maximum Gasteiger partial charge on any atom is 0.337 e. The molecule has 8 nitrogen and oxygen atoms in total. The minimum Gasteiger partial charge on any atom is -0.465 e. The van der Waals surface area contributed by atoms with E-state index in [-0.39, 0.29) is 5.97 Å². The highest BCUT2D eigenvalue weighted by Crippen LogP contribution is 2.29. The number of nitrogens with zero attached hydrogens (tertiary/aromatic N) is 4. The molecule has 3 N–H and O–H groups in total. The van der Waals surface area contributed by atoms with Gasteiger partial charge in [0.25, 0.3) is 0 Å². The highest BCUT2D eigenvalue weighted by molar-refractivity contribution is 5.90. The van der Waals surface area contributed by atoms with Crippen molar-refractivity contribution in [1.29, 1.82) is 0 Å². The molecular formula is C22H24N6O2. The second-order valence-electron chi connectivity index (χ2n) is 6.96. The van der Waals surface area contributed by atoms with Crippen molar-refractivity contribution in [2.75, 3.05) is 54.1 Å². The lowest BCUT2D eigenvalue weighted by Crippen LogP contribution is -2.47. The zero-order valence-corrected chi connectivity index (χ0v) is 16.8. The van der Waals surface area contributed by atoms with Crippen LogP contribution in [0.3, 0.4) is 0 Å². The molecule has 0 saturated carbocycles. The van der Waals surface area contributed by atoms with E-state index in [1.165, 1.54) is 19.1 Å². The van der Waals surface area contributed by atoms with Gasteiger partial charge in [-0.05, 0) is 36.4 Å². The monoisotopic (exact) mass is 404 g/mol. The summed E-state index contributed by atoms with van der Waals surface area (Å²) in [5, 5.41) is 3.21. The number of ether oxygens (including phenoxy) is 1. The Bertz CT molecular complexity index is 1000. The first-order valence-corrected chi connectivity index (χ1v) is 9.76. The van der Waals surface area contributed by atoms with Crippen LogP contribution in [-0.4, -0.2) is 49.2 Å². The third-order valence-corrected chi connectivity index (χ3v) is 5.13. The fraction of sp³-hybridized carbons (Fsp3) is 0.227. The van der Waals surface area contributed by atoms with E-state index in [2.05, 4.69) is 49.4 Å². The molecule has 1 aliphatic rings. The van der Waals surface area contributed by atoms with Crippen molar-refractivity contribution >= 4 is 34.7 Å². The fourth-order valence-corrected chi connectivity index (χ4v) is 3.50. The molecule has 0 bridgehead atoms. The summed E-state index contributed by atoms with van der Waals surface area (Å²) in [4.78, 5) is 24.8. The van der Waals surface area contributed by atoms with Crippen LogP contribution in [0.15, 0.2) is 60.9 Å². The minimum absolute atomic E-state index is 0.375. The van der Waals surface area contributed by atoms with Gasteiger partial charge in [-0.3, -0.25) is 0 Å². The smallest absolute Gasteiger partial charge is 0.337 e. The summed E-state index contributed by atoms with van der Waals surface area (Å²) in [7, 11) is 1.36. The number of hydrogen-bond acceptors (Lipinski definition) is 8. The maximum absolute atomic E-state index is 11.6. The number of methoxy groups -OCH3 is 1. The number of aromatic nitrogens is 2. The van der Waals surface area contributed by atoms with Gasteiger partial charge in [0.1, 0.15) is 12.0 Å². The number of carbonyl (C=O) groups excluding carboxylic acids is 1. The lowest BCUT2D eigenvalue weighted by Gasteiger charge is -2.37. The largest absolute Gasteiger partial charge is 0.465 e. The third-order valence-electron chi connectivity index (χ3n) is 5.13. The predicted molar refractivity (Wildman–Crippen MR) is 118 cm³/mol. The number of rotatable bonds is 5. The average Bonchev–Trinajstić information content (AvgIpc) is 2.81. The first-order chi connectivity index (χ1) is 14.7. The molecule has 2 aromatic carbocycles. The molecule has 0 radical (unpaired) electrons. The lowest BCUT2D eigenvalue weighted by molar-refractivity contribution is 0.0601. The van der Waals surface area contributed by atoms with Crippen LogP contribution < -0.4 is 20.9 Å². The average molecular weight is 404 g/mol. The first-order valence-electron chi connectivity index (χ1n) is 9.76. The summed E-state index contributed by atoms with van der Waals surface area (Å²) in [5.41, 5.74) is 9.37. The number of hydrogen-bond donors (Lipinski definition) is 2. The van der Waals surface area contributed by atoms with E-state index in [1.807, 2.05) is 6.07 Å². The maximum atomic E-state index is 11.6. The van der Waals surface area contributed by atoms with Crippen LogP contribution in [0.2, 0.25) is 0 Å². The van der Waals surface area contributed by atoms with Gasteiger partial charge in [0.15, 0.2) is 11.6 Å². The highest BCUT2D eigenvalue weighted by Gasteiger charge is 2.21. The number of nitrogens with two attached hydrogens (primary N) is 1. The molecule has 2 heterocycles. The summed E-state index contributed by atoms with van der Waals surface area (Å²) in [5.74, 6) is 0.891. The molecule has 4 rings (SSSR count). The first kappa shape index (κ1) is 19.5. The van der Waals surface area contributed by atoms with Crippen molar-refractivity contribution in [3.8, 4) is 0 Å². The molecule has 1 aromatic heterocycles. The highest BCUT2D eigenvalue weighted by atomic mass is 16.5. The molecule has 30 heavy (non-hydrogen) atoms. The van der Waals surface area contributed by atoms with Crippen LogP contribution in [0.1, 0.15) is 10.4 Å². The van der Waals surface area contributed by atoms with Crippen LogP contribution >= 0.6 is 0 Å². The summed E-state index contributed by atoms with van der Waals surface area (Å²) >= 11 is 0. The summed E-state index contributed by atoms with van der Waals surface area (Å²) in [6, 6.07) is 17.3. The molecule has 1 aliphatic heterocycles. The van der Waals surface area contributed by atoms with Crippen molar-refractivity contribution in [3.05, 3.63) is 66.5 Å². The standard InChI is InChI=1S/C22H24N6O2/c1-30-22(29)16-7-9-17(10-8-16)26-20-19(23)21(25-15-24-20)28-13-11-27(12-14-28)18-5-3-2-4-6-18/h2-10,15H,11-14,23H2,1H3,(H,24,25,26). The molecule has 3 aromatic rings. The molecule has 0 amide bonds. The topological polar surface area (TPSA) is 96.6 Å². The molecule has 1 saturated heterocycles. The number of piperazine rings is 1. The summed E-state index contributed by atoms with van der Waals surface area (Å²) in [6.45, 7) is 3.43. The Hall–Kier alpha value is -3.81. The number of anilines is 5. The third kappa shape index (κ3) is 4.12. The predicted octanol–water partition coefficient (Wildman–Crippen LogP) is 2.92. The van der Waals surface area contributed by atoms with Crippen LogP contribution in [0.5, 0.6) is 0 Å². The number of para-hydroxylation sites is 1. The van der Waals surface area contributed by atoms with Gasteiger partial charge >= 0.3 is 5.97 Å². The number of nitrogens with one attached hydrogen (secondary N) is 1. The zero-order valence-electron chi connectivity index (χ0n) is 16.8. The van der Waals surface area contributed by atoms with Crippen molar-refractivity contribution in [2.24, 2.45) is 0 Å². The number of benzene rings is 2. The Morgan fingerprint density at radius 2 is 1.63 bits per heavy atom. The van der Waals surface area contributed by atoms with Crippen LogP contribution in [0.25, 0.3) is 0 Å². The second-order valence-corrected chi connectivity index (χ2v) is 6.96. The molecule has 0 spiro atoms. The molecular weight excluding hydrogens is 380 g/mol. The minimum atomic E-state index is -0.375. The summed E-state index contributed by atoms with van der Waals surface area (Å²) in [6.07, 6.45) is 1.51. The van der Waals surface area contributed by atoms with Gasteiger partial charge < -0.3 is 25.6 Å². The van der Waals surface area contributed by atoms with E-state index < -0.39 is 0 Å². The van der Waals surface area contributed by atoms with E-state index in [0.29, 0.717) is 17.1 Å². The van der Waals surface area contributed by atoms with Gasteiger partial charge in [0.2, 0.25) is 0 Å². The molecule has 0 atom stereocenters. The van der Waals surface area contributed by atoms with Crippen molar-refractivity contribution in [3.63, 3.8) is 0 Å². The Kier molecular flexibility index (Phi) is 5.65. The van der Waals surface area contributed by atoms with Gasteiger partial charge in [-0.15, -0.1) is 0 Å². The summed E-state index contributed by atoms with van der Waals surface area (Å²) < 4.78 is 4.72. The van der Waals surface area contributed by atoms with Gasteiger partial charge in [-0.25, -0.2) is 14.8 Å². The molecule has 0 unspecified atom stereocenters. The van der Waals surface area contributed by atoms with E-state index >= 15 is 0 Å². The number of nitrogen functional groups attached to an aromatic ring is 1. The van der Waals surface area contributed by atoms with Gasteiger partial charge in [0.05, 0.1) is 12.7 Å². The Morgan fingerprint density at radius 3 is 2.30 bits per heavy atom. The van der Waals surface area contributed by atoms with E-state index in [0.717, 1.165) is 37.7 Å². The van der Waals surface area contributed by atoms with Crippen molar-refractivity contribution < 1.29 is 9.53 Å². The molecule has 0 aliphatic carbocycles. The van der Waals surface area contributed by atoms with E-state index in [9.17, 15) is 4.79 Å². The Morgan fingerprint density at radius 1 is 0.967 bits per heavy atom. The van der Waals surface area contributed by atoms with Crippen LogP contribution in [0.4, 0.5) is 28.7 Å². The fourth-order valence-electron chi connectivity index (χ4n) is 3.50. The molecule has 154 valence electrons. The quantitative estimate of drug-likeness (QED) is 0.627. The van der Waals surface area contributed by atoms with Crippen LogP contribution in [-0.2, 0) is 4.74 Å². The second kappa shape index (κ2) is 8.69. The van der Waals surface area contributed by atoms with Gasteiger partial charge in [0, 0.05) is 37.6 Å². The SMILES string of the molecule is COC(=O)c1ccc(Nc2ncnc(N3CCN(c4ccccc4)CC3)c2N)cc1. The number of esters is 1. The van der Waals surface area contributed by atoms with Gasteiger partial charge in [-0.1, -0.05) is 18.2 Å². The van der Waals surface area contributed by atoms with Gasteiger partial charge in [-0.2, -0.15) is 0 Å². The van der Waals surface area contributed by atoms with E-state index in [4.69, 9.17) is 10.5 Å². The Balaban J connectivity index is 1.45. The molecule has 1 fully saturated rings. The molecule has 8 heteroatoms. The number of carbonyl (C=O) groups is 1. The Labute approximate surface area is 175 Å². The lowest BCUT2D eigenvalue weighted by atomic mass is 10.2. The van der Waals surface area contributed by atoms with Crippen molar-refractivity contribution in [2.45, 2.75) is 0 Å². The van der Waals surface area contributed by atoms with Crippen molar-refractivity contribution in [1.82, 2.24) is 9.97 Å². The zero-order chi connectivity index (χ0) is 20.9. The van der Waals surface area contributed by atoms with Crippen LogP contribution in [0, 0.1) is 0 Å². The van der Waals surface area contributed by atoms with E-state index in [1.54, 1.807) is 24.3 Å². The normalized spacial score (nSPS) is 13.8.